The van der Waals surface area contributed by atoms with Crippen LogP contribution in [0.2, 0.25) is 0 Å². The summed E-state index contributed by atoms with van der Waals surface area (Å²) < 4.78 is 39.4. The van der Waals surface area contributed by atoms with E-state index in [2.05, 4.69) is 4.52 Å². The average molecular weight is 210 g/mol. The van der Waals surface area contributed by atoms with E-state index in [1.165, 1.54) is 0 Å². The summed E-state index contributed by atoms with van der Waals surface area (Å²) in [7, 11) is -4.92. The van der Waals surface area contributed by atoms with Crippen molar-refractivity contribution < 1.29 is 27.7 Å². The summed E-state index contributed by atoms with van der Waals surface area (Å²) >= 11 is 0. The lowest BCUT2D eigenvalue weighted by Gasteiger charge is -2.07. The second-order valence-corrected chi connectivity index (χ2v) is 3.30. The van der Waals surface area contributed by atoms with Crippen molar-refractivity contribution in [1.82, 2.24) is 0 Å². The van der Waals surface area contributed by atoms with E-state index in [0.717, 1.165) is 18.2 Å². The Morgan fingerprint density at radius 1 is 1.23 bits per heavy atom. The minimum atomic E-state index is -4.92. The van der Waals surface area contributed by atoms with E-state index < -0.39 is 25.2 Å². The highest BCUT2D eigenvalue weighted by Crippen LogP contribution is 2.39. The van der Waals surface area contributed by atoms with E-state index in [1.807, 2.05) is 0 Å². The molecule has 0 spiro atoms. The number of para-hydroxylation sites is 1. The van der Waals surface area contributed by atoms with Crippen LogP contribution >= 0.6 is 7.82 Å². The molecule has 0 aliphatic carbocycles. The first-order valence-electron chi connectivity index (χ1n) is 3.09. The van der Waals surface area contributed by atoms with Gasteiger partial charge in [0.05, 0.1) is 0 Å². The molecule has 0 heterocycles. The molecule has 13 heavy (non-hydrogen) atoms. The third kappa shape index (κ3) is 2.77. The SMILES string of the molecule is O=P(O)(O)Oc1c(F)cccc1F. The van der Waals surface area contributed by atoms with Gasteiger partial charge in [0.15, 0.2) is 11.6 Å². The molecule has 4 nitrogen and oxygen atoms in total. The lowest BCUT2D eigenvalue weighted by Crippen LogP contribution is -1.95. The molecule has 2 N–H and O–H groups in total. The van der Waals surface area contributed by atoms with Gasteiger partial charge in [0.2, 0.25) is 5.75 Å². The van der Waals surface area contributed by atoms with Crippen molar-refractivity contribution in [2.45, 2.75) is 0 Å². The predicted octanol–water partition coefficient (Wildman–Crippen LogP) is 1.44. The maximum absolute atomic E-state index is 12.7. The largest absolute Gasteiger partial charge is 0.525 e. The molecule has 1 aromatic rings. The number of hydrogen-bond donors (Lipinski definition) is 2. The first-order valence-corrected chi connectivity index (χ1v) is 4.62. The van der Waals surface area contributed by atoms with Crippen molar-refractivity contribution in [1.29, 1.82) is 0 Å². The molecule has 0 saturated heterocycles. The minimum absolute atomic E-state index is 0.827. The summed E-state index contributed by atoms with van der Waals surface area (Å²) in [4.78, 5) is 16.6. The third-order valence-electron chi connectivity index (χ3n) is 1.13. The molecule has 0 unspecified atom stereocenters. The average Bonchev–Trinajstić information content (AvgIpc) is 1.95. The van der Waals surface area contributed by atoms with Gasteiger partial charge in [-0.3, -0.25) is 9.79 Å². The number of hydrogen-bond acceptors (Lipinski definition) is 2. The van der Waals surface area contributed by atoms with Gasteiger partial charge in [0.25, 0.3) is 0 Å². The molecule has 0 amide bonds. The van der Waals surface area contributed by atoms with E-state index in [4.69, 9.17) is 9.79 Å². The maximum atomic E-state index is 12.7. The molecule has 7 heteroatoms. The molecule has 0 saturated carbocycles. The minimum Gasteiger partial charge on any atom is -0.398 e. The van der Waals surface area contributed by atoms with E-state index in [-0.39, 0.29) is 0 Å². The third-order valence-corrected chi connectivity index (χ3v) is 1.55. The Morgan fingerprint density at radius 3 is 2.08 bits per heavy atom. The molecule has 1 rings (SSSR count). The summed E-state index contributed by atoms with van der Waals surface area (Å²) in [5.74, 6) is -3.40. The van der Waals surface area contributed by atoms with Gasteiger partial charge in [-0.05, 0) is 12.1 Å². The van der Waals surface area contributed by atoms with Crippen molar-refractivity contribution in [3.05, 3.63) is 29.8 Å². The van der Waals surface area contributed by atoms with Gasteiger partial charge in [0.1, 0.15) is 0 Å². The Bertz CT molecular complexity index is 341. The molecule has 1 aromatic carbocycles. The van der Waals surface area contributed by atoms with Crippen LogP contribution in [0.1, 0.15) is 0 Å². The predicted molar refractivity (Wildman–Crippen MR) is 39.0 cm³/mol. The second kappa shape index (κ2) is 3.41. The Balaban J connectivity index is 3.07. The quantitative estimate of drug-likeness (QED) is 0.724. The number of benzene rings is 1. The molecule has 0 bridgehead atoms. The lowest BCUT2D eigenvalue weighted by molar-refractivity contribution is 0.272. The standard InChI is InChI=1S/C6H5F2O4P/c7-4-2-1-3-5(8)6(4)12-13(9,10)11/h1-3H,(H2,9,10,11). The molecular weight excluding hydrogens is 205 g/mol. The van der Waals surface area contributed by atoms with Crippen LogP contribution in [-0.2, 0) is 4.57 Å². The van der Waals surface area contributed by atoms with Crippen molar-refractivity contribution in [2.24, 2.45) is 0 Å². The van der Waals surface area contributed by atoms with Gasteiger partial charge >= 0.3 is 7.82 Å². The monoisotopic (exact) mass is 210 g/mol. The molecule has 0 aliphatic rings. The summed E-state index contributed by atoms with van der Waals surface area (Å²) in [6.45, 7) is 0. The van der Waals surface area contributed by atoms with Crippen LogP contribution in [0, 0.1) is 11.6 Å². The molecule has 0 aromatic heterocycles. The Morgan fingerprint density at radius 2 is 1.69 bits per heavy atom. The van der Waals surface area contributed by atoms with Gasteiger partial charge in [-0.15, -0.1) is 0 Å². The summed E-state index contributed by atoms with van der Waals surface area (Å²) in [5, 5.41) is 0. The normalized spacial score (nSPS) is 11.4. The number of phosphoric acid groups is 1. The number of rotatable bonds is 2. The van der Waals surface area contributed by atoms with Crippen molar-refractivity contribution in [3.8, 4) is 5.75 Å². The lowest BCUT2D eigenvalue weighted by atomic mass is 10.3. The highest BCUT2D eigenvalue weighted by Gasteiger charge is 2.21. The molecule has 0 fully saturated rings. The smallest absolute Gasteiger partial charge is 0.398 e. The fourth-order valence-corrected chi connectivity index (χ4v) is 1.10. The molecule has 0 aliphatic heterocycles. The van der Waals surface area contributed by atoms with E-state index >= 15 is 0 Å². The molecule has 0 atom stereocenters. The number of phosphoric ester groups is 1. The fourth-order valence-electron chi connectivity index (χ4n) is 0.689. The summed E-state index contributed by atoms with van der Waals surface area (Å²) in [6, 6.07) is 2.71. The fraction of sp³-hybridized carbons (Fsp3) is 0. The van der Waals surface area contributed by atoms with Gasteiger partial charge in [-0.25, -0.2) is 13.3 Å². The van der Waals surface area contributed by atoms with E-state index in [1.54, 1.807) is 0 Å². The van der Waals surface area contributed by atoms with E-state index in [9.17, 15) is 13.3 Å². The van der Waals surface area contributed by atoms with Crippen LogP contribution in [-0.4, -0.2) is 9.79 Å². The van der Waals surface area contributed by atoms with Crippen LogP contribution in [0.5, 0.6) is 5.75 Å². The van der Waals surface area contributed by atoms with Crippen LogP contribution < -0.4 is 4.52 Å². The van der Waals surface area contributed by atoms with Gasteiger partial charge in [-0.2, -0.15) is 0 Å². The first-order chi connectivity index (χ1) is 5.90. The van der Waals surface area contributed by atoms with Crippen LogP contribution in [0.25, 0.3) is 0 Å². The Hall–Kier alpha value is -0.970. The van der Waals surface area contributed by atoms with Gasteiger partial charge in [-0.1, -0.05) is 6.07 Å². The van der Waals surface area contributed by atoms with Crippen LogP contribution in [0.15, 0.2) is 18.2 Å². The Labute approximate surface area is 72.0 Å². The molecule has 72 valence electrons. The van der Waals surface area contributed by atoms with Gasteiger partial charge < -0.3 is 4.52 Å². The van der Waals surface area contributed by atoms with Crippen LogP contribution in [0.4, 0.5) is 8.78 Å². The topological polar surface area (TPSA) is 66.8 Å². The second-order valence-electron chi connectivity index (χ2n) is 2.13. The summed E-state index contributed by atoms with van der Waals surface area (Å²) in [6.07, 6.45) is 0. The highest BCUT2D eigenvalue weighted by molar-refractivity contribution is 7.46. The maximum Gasteiger partial charge on any atom is 0.525 e. The highest BCUT2D eigenvalue weighted by atomic mass is 31.2. The van der Waals surface area contributed by atoms with E-state index in [0.29, 0.717) is 0 Å². The van der Waals surface area contributed by atoms with Crippen molar-refractivity contribution in [3.63, 3.8) is 0 Å². The molecule has 0 radical (unpaired) electrons. The zero-order valence-corrected chi connectivity index (χ0v) is 7.04. The van der Waals surface area contributed by atoms with Crippen LogP contribution in [0.3, 0.4) is 0 Å². The number of halogens is 2. The van der Waals surface area contributed by atoms with Crippen molar-refractivity contribution in [2.75, 3.05) is 0 Å². The molecular formula is C6H5F2O4P. The summed E-state index contributed by atoms with van der Waals surface area (Å²) in [5.41, 5.74) is 0. The zero-order chi connectivity index (χ0) is 10.1. The first kappa shape index (κ1) is 10.1. The Kier molecular flexibility index (Phi) is 2.66. The van der Waals surface area contributed by atoms with Gasteiger partial charge in [0, 0.05) is 0 Å². The zero-order valence-electron chi connectivity index (χ0n) is 6.15. The van der Waals surface area contributed by atoms with Crippen molar-refractivity contribution >= 4 is 7.82 Å².